The average molecular weight is 478 g/mol. The molecule has 0 saturated carbocycles. The molecule has 1 N–H and O–H groups in total. The fourth-order valence-electron chi connectivity index (χ4n) is 3.71. The van der Waals surface area contributed by atoms with E-state index in [2.05, 4.69) is 25.5 Å². The number of imidazole rings is 1. The Balaban J connectivity index is 1.52. The molecule has 0 amide bonds. The number of H-pyrrole nitrogens is 1. The van der Waals surface area contributed by atoms with E-state index in [-0.39, 0.29) is 12.1 Å². The third-order valence-corrected chi connectivity index (χ3v) is 5.77. The first-order chi connectivity index (χ1) is 16.0. The minimum absolute atomic E-state index is 0.179. The number of benzene rings is 2. The van der Waals surface area contributed by atoms with Gasteiger partial charge in [-0.2, -0.15) is 4.68 Å². The Kier molecular flexibility index (Phi) is 5.53. The van der Waals surface area contributed by atoms with Gasteiger partial charge in [0.2, 0.25) is 0 Å². The van der Waals surface area contributed by atoms with Gasteiger partial charge in [0.25, 0.3) is 5.56 Å². The molecule has 5 rings (SSSR count). The van der Waals surface area contributed by atoms with Crippen LogP contribution >= 0.6 is 23.2 Å². The molecule has 0 unspecified atom stereocenters. The van der Waals surface area contributed by atoms with Crippen molar-refractivity contribution in [2.75, 3.05) is 0 Å². The van der Waals surface area contributed by atoms with Crippen LogP contribution in [-0.4, -0.2) is 34.7 Å². The third kappa shape index (κ3) is 4.18. The van der Waals surface area contributed by atoms with Crippen LogP contribution in [0.1, 0.15) is 11.5 Å². The van der Waals surface area contributed by atoms with E-state index in [1.54, 1.807) is 22.8 Å². The first kappa shape index (κ1) is 21.1. The molecule has 0 aliphatic heterocycles. The molecule has 0 spiro atoms. The second-order valence-corrected chi connectivity index (χ2v) is 8.25. The van der Waals surface area contributed by atoms with E-state index in [9.17, 15) is 4.79 Å². The second kappa shape index (κ2) is 8.65. The molecular weight excluding hydrogens is 461 g/mol. The zero-order chi connectivity index (χ0) is 22.9. The number of aryl methyl sites for hydroxylation is 1. The molecule has 0 aliphatic rings. The third-order valence-electron chi connectivity index (χ3n) is 5.26. The summed E-state index contributed by atoms with van der Waals surface area (Å²) in [4.78, 5) is 20.8. The first-order valence-corrected chi connectivity index (χ1v) is 10.8. The summed E-state index contributed by atoms with van der Waals surface area (Å²) in [5.74, 6) is 0.592. The maximum absolute atomic E-state index is 13.1. The maximum Gasteiger partial charge on any atom is 0.251 e. The average Bonchev–Trinajstić information content (AvgIpc) is 3.46. The van der Waals surface area contributed by atoms with Crippen LogP contribution in [0.3, 0.4) is 0 Å². The number of hydrogen-bond donors (Lipinski definition) is 1. The molecule has 0 bridgehead atoms. The number of rotatable bonds is 5. The molecule has 8 nitrogen and oxygen atoms in total. The standard InChI is InChI=1S/C23H17Cl2N7O/c1-14-9-16(18-11-17(24)7-8-19(18)32-13-26-29-30-32)10-21(33)31(14)12-20-27-22(23(25)28-20)15-5-3-2-4-6-15/h2-11,13H,12H2,1H3,(H,27,28). The van der Waals surface area contributed by atoms with E-state index in [1.165, 1.54) is 11.0 Å². The van der Waals surface area contributed by atoms with Crippen molar-refractivity contribution in [1.82, 2.24) is 34.7 Å². The summed E-state index contributed by atoms with van der Waals surface area (Å²) in [6, 6.07) is 18.5. The zero-order valence-corrected chi connectivity index (χ0v) is 18.9. The van der Waals surface area contributed by atoms with Crippen LogP contribution in [0.15, 0.2) is 71.8 Å². The number of hydrogen-bond acceptors (Lipinski definition) is 5. The quantitative estimate of drug-likeness (QED) is 0.400. The van der Waals surface area contributed by atoms with Crippen LogP contribution in [0.4, 0.5) is 0 Å². The van der Waals surface area contributed by atoms with E-state index in [0.29, 0.717) is 32.9 Å². The van der Waals surface area contributed by atoms with Crippen molar-refractivity contribution in [3.05, 3.63) is 99.0 Å². The van der Waals surface area contributed by atoms with Gasteiger partial charge in [-0.3, -0.25) is 4.79 Å². The number of halogens is 2. The molecule has 0 saturated heterocycles. The molecule has 5 aromatic rings. The fourth-order valence-corrected chi connectivity index (χ4v) is 4.14. The summed E-state index contributed by atoms with van der Waals surface area (Å²) in [6.45, 7) is 2.13. The summed E-state index contributed by atoms with van der Waals surface area (Å²) < 4.78 is 3.16. The van der Waals surface area contributed by atoms with Gasteiger partial charge in [0, 0.05) is 27.9 Å². The Bertz CT molecular complexity index is 1490. The highest BCUT2D eigenvalue weighted by Crippen LogP contribution is 2.29. The second-order valence-electron chi connectivity index (χ2n) is 7.44. The van der Waals surface area contributed by atoms with Gasteiger partial charge in [0.05, 0.1) is 12.2 Å². The lowest BCUT2D eigenvalue weighted by atomic mass is 10.0. The lowest BCUT2D eigenvalue weighted by Gasteiger charge is -2.13. The minimum Gasteiger partial charge on any atom is -0.331 e. The molecule has 3 heterocycles. The maximum atomic E-state index is 13.1. The fraction of sp³-hybridized carbons (Fsp3) is 0.0870. The number of nitrogens with zero attached hydrogens (tertiary/aromatic N) is 6. The van der Waals surface area contributed by atoms with Crippen molar-refractivity contribution in [2.24, 2.45) is 0 Å². The molecule has 0 fully saturated rings. The van der Waals surface area contributed by atoms with Gasteiger partial charge in [-0.1, -0.05) is 53.5 Å². The lowest BCUT2D eigenvalue weighted by Crippen LogP contribution is -2.23. The Hall–Kier alpha value is -3.75. The SMILES string of the molecule is Cc1cc(-c2cc(Cl)ccc2-n2cnnn2)cc(=O)n1Cc1nc(-c2ccccc2)c(Cl)[nH]1. The molecule has 0 atom stereocenters. The number of tetrazole rings is 1. The Morgan fingerprint density at radius 2 is 1.82 bits per heavy atom. The summed E-state index contributed by atoms with van der Waals surface area (Å²) in [5, 5.41) is 12.3. The van der Waals surface area contributed by atoms with Crippen molar-refractivity contribution in [3.8, 4) is 28.1 Å². The Labute approximate surface area is 198 Å². The summed E-state index contributed by atoms with van der Waals surface area (Å²) in [7, 11) is 0. The van der Waals surface area contributed by atoms with Crippen molar-refractivity contribution in [1.29, 1.82) is 0 Å². The highest BCUT2D eigenvalue weighted by atomic mass is 35.5. The van der Waals surface area contributed by atoms with Crippen LogP contribution in [-0.2, 0) is 6.54 Å². The summed E-state index contributed by atoms with van der Waals surface area (Å²) in [5.41, 5.74) is 4.31. The van der Waals surface area contributed by atoms with Gasteiger partial charge < -0.3 is 9.55 Å². The van der Waals surface area contributed by atoms with Crippen molar-refractivity contribution < 1.29 is 0 Å². The molecule has 10 heteroatoms. The van der Waals surface area contributed by atoms with Gasteiger partial charge in [0.15, 0.2) is 0 Å². The van der Waals surface area contributed by atoms with Gasteiger partial charge in [-0.05, 0) is 47.2 Å². The van der Waals surface area contributed by atoms with Crippen molar-refractivity contribution in [3.63, 3.8) is 0 Å². The van der Waals surface area contributed by atoms with Crippen molar-refractivity contribution >= 4 is 23.2 Å². The monoisotopic (exact) mass is 477 g/mol. The highest BCUT2D eigenvalue weighted by Gasteiger charge is 2.15. The lowest BCUT2D eigenvalue weighted by molar-refractivity contribution is 0.700. The summed E-state index contributed by atoms with van der Waals surface area (Å²) >= 11 is 12.6. The van der Waals surface area contributed by atoms with Crippen LogP contribution in [0, 0.1) is 6.92 Å². The number of pyridine rings is 1. The molecule has 3 aromatic heterocycles. The highest BCUT2D eigenvalue weighted by molar-refractivity contribution is 6.32. The molecule has 0 aliphatic carbocycles. The molecule has 164 valence electrons. The van der Waals surface area contributed by atoms with Crippen molar-refractivity contribution in [2.45, 2.75) is 13.5 Å². The van der Waals surface area contributed by atoms with Gasteiger partial charge in [-0.15, -0.1) is 5.10 Å². The smallest absolute Gasteiger partial charge is 0.251 e. The van der Waals surface area contributed by atoms with E-state index in [4.69, 9.17) is 23.2 Å². The topological polar surface area (TPSA) is 94.3 Å². The predicted octanol–water partition coefficient (Wildman–Crippen LogP) is 4.54. The number of aromatic amines is 1. The number of aromatic nitrogens is 7. The van der Waals surface area contributed by atoms with Gasteiger partial charge in [0.1, 0.15) is 23.0 Å². The van der Waals surface area contributed by atoms with Gasteiger partial charge in [-0.25, -0.2) is 4.98 Å². The molecule has 33 heavy (non-hydrogen) atoms. The molecule has 2 aromatic carbocycles. The zero-order valence-electron chi connectivity index (χ0n) is 17.4. The van der Waals surface area contributed by atoms with E-state index in [0.717, 1.165) is 16.8 Å². The van der Waals surface area contributed by atoms with Crippen LogP contribution < -0.4 is 5.56 Å². The van der Waals surface area contributed by atoms with Crippen LogP contribution in [0.25, 0.3) is 28.1 Å². The molecular formula is C23H17Cl2N7O. The van der Waals surface area contributed by atoms with Crippen LogP contribution in [0.2, 0.25) is 10.2 Å². The van der Waals surface area contributed by atoms with E-state index >= 15 is 0 Å². The summed E-state index contributed by atoms with van der Waals surface area (Å²) in [6.07, 6.45) is 1.49. The van der Waals surface area contributed by atoms with E-state index in [1.807, 2.05) is 49.4 Å². The largest absolute Gasteiger partial charge is 0.331 e. The Morgan fingerprint density at radius 3 is 2.55 bits per heavy atom. The number of nitrogens with one attached hydrogen (secondary N) is 1. The normalized spacial score (nSPS) is 11.1. The Morgan fingerprint density at radius 1 is 1.00 bits per heavy atom. The van der Waals surface area contributed by atoms with E-state index < -0.39 is 0 Å². The first-order valence-electron chi connectivity index (χ1n) is 10.0. The molecule has 0 radical (unpaired) electrons. The minimum atomic E-state index is -0.179. The predicted molar refractivity (Wildman–Crippen MR) is 127 cm³/mol. The van der Waals surface area contributed by atoms with Gasteiger partial charge >= 0.3 is 0 Å². The van der Waals surface area contributed by atoms with Crippen LogP contribution in [0.5, 0.6) is 0 Å².